The molecule has 6 nitrogen and oxygen atoms in total. The molecule has 28 heavy (non-hydrogen) atoms. The lowest BCUT2D eigenvalue weighted by Crippen LogP contribution is -2.45. The molecule has 0 heterocycles. The van der Waals surface area contributed by atoms with E-state index in [0.29, 0.717) is 5.56 Å². The van der Waals surface area contributed by atoms with Gasteiger partial charge in [-0.1, -0.05) is 57.2 Å². The Morgan fingerprint density at radius 1 is 1.18 bits per heavy atom. The summed E-state index contributed by atoms with van der Waals surface area (Å²) >= 11 is 0. The molecule has 0 aromatic heterocycles. The number of hydrogen-bond donors (Lipinski definition) is 0. The summed E-state index contributed by atoms with van der Waals surface area (Å²) in [5, 5.41) is 11.0. The van der Waals surface area contributed by atoms with Crippen molar-refractivity contribution in [1.82, 2.24) is 4.90 Å². The van der Waals surface area contributed by atoms with Crippen molar-refractivity contribution in [3.05, 3.63) is 75.6 Å². The van der Waals surface area contributed by atoms with Crippen LogP contribution in [0.4, 0.5) is 14.9 Å². The zero-order valence-electron chi connectivity index (χ0n) is 16.5. The first kappa shape index (κ1) is 21.3. The number of carbonyl (C=O) groups is 1. The van der Waals surface area contributed by atoms with Crippen molar-refractivity contribution in [2.75, 3.05) is 0 Å². The van der Waals surface area contributed by atoms with Gasteiger partial charge in [0.05, 0.1) is 4.92 Å². The van der Waals surface area contributed by atoms with E-state index in [2.05, 4.69) is 0 Å². The van der Waals surface area contributed by atoms with Crippen molar-refractivity contribution in [3.63, 3.8) is 0 Å². The lowest BCUT2D eigenvalue weighted by atomic mass is 9.87. The van der Waals surface area contributed by atoms with Crippen molar-refractivity contribution in [3.8, 4) is 0 Å². The molecule has 0 aliphatic carbocycles. The summed E-state index contributed by atoms with van der Waals surface area (Å²) in [6, 6.07) is 12.7. The van der Waals surface area contributed by atoms with Gasteiger partial charge in [-0.3, -0.25) is 10.1 Å². The second-order valence-corrected chi connectivity index (χ2v) is 7.75. The third-order valence-electron chi connectivity index (χ3n) is 4.72. The summed E-state index contributed by atoms with van der Waals surface area (Å²) in [7, 11) is 0. The first-order valence-electron chi connectivity index (χ1n) is 8.99. The number of nitro benzene ring substituents is 1. The van der Waals surface area contributed by atoms with Gasteiger partial charge >= 0.3 is 11.8 Å². The zero-order valence-corrected chi connectivity index (χ0v) is 16.5. The standard InChI is InChI=1S/C21H25FN2O4/c1-15(21(2,3)4)23(20(25)28-14-16-8-6-5-7-9-16)13-17-10-11-18(22)19(12-17)24(26)27/h5-12,15H,13-14H2,1-4H3/t15-/m0/s1. The lowest BCUT2D eigenvalue weighted by molar-refractivity contribution is -0.387. The summed E-state index contributed by atoms with van der Waals surface area (Å²) in [6.07, 6.45) is -0.529. The van der Waals surface area contributed by atoms with E-state index in [9.17, 15) is 19.3 Å². The summed E-state index contributed by atoms with van der Waals surface area (Å²) < 4.78 is 19.1. The average Bonchev–Trinajstić information content (AvgIpc) is 2.64. The van der Waals surface area contributed by atoms with Crippen molar-refractivity contribution in [2.24, 2.45) is 5.41 Å². The monoisotopic (exact) mass is 388 g/mol. The highest BCUT2D eigenvalue weighted by molar-refractivity contribution is 5.68. The number of amides is 1. The highest BCUT2D eigenvalue weighted by Crippen LogP contribution is 2.27. The van der Waals surface area contributed by atoms with E-state index in [1.165, 1.54) is 11.0 Å². The fourth-order valence-electron chi connectivity index (χ4n) is 2.62. The second-order valence-electron chi connectivity index (χ2n) is 7.75. The number of nitro groups is 1. The van der Waals surface area contributed by atoms with Gasteiger partial charge in [0.1, 0.15) is 6.61 Å². The van der Waals surface area contributed by atoms with Gasteiger partial charge in [-0.05, 0) is 29.5 Å². The van der Waals surface area contributed by atoms with Gasteiger partial charge in [0.15, 0.2) is 0 Å². The molecule has 0 radical (unpaired) electrons. The van der Waals surface area contributed by atoms with E-state index < -0.39 is 22.5 Å². The molecule has 150 valence electrons. The van der Waals surface area contributed by atoms with Crippen LogP contribution in [0, 0.1) is 21.3 Å². The van der Waals surface area contributed by atoms with E-state index in [-0.39, 0.29) is 24.6 Å². The van der Waals surface area contributed by atoms with Crippen LogP contribution in [0.2, 0.25) is 0 Å². The number of carbonyl (C=O) groups excluding carboxylic acids is 1. The molecular weight excluding hydrogens is 363 g/mol. The van der Waals surface area contributed by atoms with Crippen LogP contribution < -0.4 is 0 Å². The molecule has 0 unspecified atom stereocenters. The number of rotatable bonds is 6. The summed E-state index contributed by atoms with van der Waals surface area (Å²) in [5.41, 5.74) is 0.452. The molecule has 0 fully saturated rings. The van der Waals surface area contributed by atoms with Crippen molar-refractivity contribution in [1.29, 1.82) is 0 Å². The van der Waals surface area contributed by atoms with Gasteiger partial charge in [0.2, 0.25) is 5.82 Å². The van der Waals surface area contributed by atoms with Crippen LogP contribution in [0.1, 0.15) is 38.8 Å². The van der Waals surface area contributed by atoms with Gasteiger partial charge in [0, 0.05) is 18.7 Å². The number of halogens is 1. The maximum atomic E-state index is 13.6. The molecule has 0 saturated heterocycles. The first-order valence-corrected chi connectivity index (χ1v) is 8.99. The Morgan fingerprint density at radius 3 is 2.39 bits per heavy atom. The normalized spacial score (nSPS) is 12.3. The van der Waals surface area contributed by atoms with Gasteiger partial charge in [-0.15, -0.1) is 0 Å². The van der Waals surface area contributed by atoms with Crippen LogP contribution in [0.15, 0.2) is 48.5 Å². The van der Waals surface area contributed by atoms with E-state index in [4.69, 9.17) is 4.74 Å². The lowest BCUT2D eigenvalue weighted by Gasteiger charge is -2.37. The van der Waals surface area contributed by atoms with Gasteiger partial charge in [-0.2, -0.15) is 4.39 Å². The number of hydrogen-bond acceptors (Lipinski definition) is 4. The van der Waals surface area contributed by atoms with Crippen molar-refractivity contribution in [2.45, 2.75) is 46.9 Å². The summed E-state index contributed by atoms with van der Waals surface area (Å²) in [6.45, 7) is 8.05. The van der Waals surface area contributed by atoms with Crippen LogP contribution in [0.25, 0.3) is 0 Å². The topological polar surface area (TPSA) is 72.7 Å². The minimum atomic E-state index is -0.907. The average molecular weight is 388 g/mol. The smallest absolute Gasteiger partial charge is 0.410 e. The van der Waals surface area contributed by atoms with Gasteiger partial charge in [0.25, 0.3) is 0 Å². The molecule has 0 bridgehead atoms. The van der Waals surface area contributed by atoms with Crippen molar-refractivity contribution >= 4 is 11.8 Å². The Hall–Kier alpha value is -2.96. The predicted molar refractivity (Wildman–Crippen MR) is 104 cm³/mol. The predicted octanol–water partition coefficient (Wildman–Crippen LogP) is 5.31. The molecule has 2 aromatic carbocycles. The zero-order chi connectivity index (χ0) is 20.9. The molecule has 0 saturated carbocycles. The number of benzene rings is 2. The van der Waals surface area contributed by atoms with E-state index in [1.807, 2.05) is 58.0 Å². The van der Waals surface area contributed by atoms with Crippen LogP contribution in [0.3, 0.4) is 0 Å². The van der Waals surface area contributed by atoms with Gasteiger partial charge in [-0.25, -0.2) is 4.79 Å². The number of ether oxygens (including phenoxy) is 1. The van der Waals surface area contributed by atoms with Gasteiger partial charge < -0.3 is 9.64 Å². The molecule has 0 aliphatic rings. The van der Waals surface area contributed by atoms with E-state index >= 15 is 0 Å². The van der Waals surface area contributed by atoms with E-state index in [0.717, 1.165) is 17.7 Å². The minimum Gasteiger partial charge on any atom is -0.445 e. The molecule has 0 spiro atoms. The summed E-state index contributed by atoms with van der Waals surface area (Å²) in [5.74, 6) is -0.907. The molecular formula is C21H25FN2O4. The molecule has 2 rings (SSSR count). The van der Waals surface area contributed by atoms with Crippen LogP contribution in [-0.4, -0.2) is 22.0 Å². The van der Waals surface area contributed by atoms with Crippen molar-refractivity contribution < 1.29 is 18.8 Å². The third-order valence-corrected chi connectivity index (χ3v) is 4.72. The molecule has 0 N–H and O–H groups in total. The fourth-order valence-corrected chi connectivity index (χ4v) is 2.62. The minimum absolute atomic E-state index is 0.0766. The Kier molecular flexibility index (Phi) is 6.72. The SMILES string of the molecule is C[C@H](N(Cc1ccc(F)c([N+](=O)[O-])c1)C(=O)OCc1ccccc1)C(C)(C)C. The molecule has 0 aliphatic heterocycles. The molecule has 7 heteroatoms. The second kappa shape index (κ2) is 8.82. The molecule has 2 aromatic rings. The fraction of sp³-hybridized carbons (Fsp3) is 0.381. The largest absolute Gasteiger partial charge is 0.445 e. The Bertz CT molecular complexity index is 834. The molecule has 1 amide bonds. The number of nitrogens with zero attached hydrogens (tertiary/aromatic N) is 2. The Balaban J connectivity index is 2.23. The molecule has 1 atom stereocenters. The van der Waals surface area contributed by atoms with Crippen LogP contribution in [0.5, 0.6) is 0 Å². The van der Waals surface area contributed by atoms with Crippen LogP contribution >= 0.6 is 0 Å². The highest BCUT2D eigenvalue weighted by atomic mass is 19.1. The van der Waals surface area contributed by atoms with Crippen LogP contribution in [-0.2, 0) is 17.9 Å². The Morgan fingerprint density at radius 2 is 1.82 bits per heavy atom. The maximum absolute atomic E-state index is 13.6. The summed E-state index contributed by atoms with van der Waals surface area (Å²) in [4.78, 5) is 24.5. The highest BCUT2D eigenvalue weighted by Gasteiger charge is 2.31. The Labute approximate surface area is 164 Å². The maximum Gasteiger partial charge on any atom is 0.410 e. The van der Waals surface area contributed by atoms with E-state index in [1.54, 1.807) is 0 Å². The quantitative estimate of drug-likeness (QED) is 0.497. The first-order chi connectivity index (χ1) is 13.1. The third kappa shape index (κ3) is 5.52.